The molecule has 0 aliphatic rings. The Kier molecular flexibility index (Phi) is 7.30. The number of aromatic amines is 1. The van der Waals surface area contributed by atoms with Gasteiger partial charge in [0.15, 0.2) is 0 Å². The van der Waals surface area contributed by atoms with Crippen molar-refractivity contribution < 1.29 is 9.47 Å². The van der Waals surface area contributed by atoms with Crippen molar-refractivity contribution in [2.75, 3.05) is 14.2 Å². The van der Waals surface area contributed by atoms with Gasteiger partial charge in [-0.3, -0.25) is 14.1 Å². The molecule has 1 atom stereocenters. The van der Waals surface area contributed by atoms with Gasteiger partial charge in [0.1, 0.15) is 11.5 Å². The first-order valence-corrected chi connectivity index (χ1v) is 12.4. The van der Waals surface area contributed by atoms with Crippen molar-refractivity contribution in [3.63, 3.8) is 0 Å². The van der Waals surface area contributed by atoms with Gasteiger partial charge in [0.05, 0.1) is 38.1 Å². The van der Waals surface area contributed by atoms with Crippen LogP contribution in [0.25, 0.3) is 22.6 Å². The maximum Gasteiger partial charge on any atom is 0.329 e. The van der Waals surface area contributed by atoms with Gasteiger partial charge >= 0.3 is 5.69 Å². The van der Waals surface area contributed by atoms with Crippen molar-refractivity contribution in [3.8, 4) is 34.1 Å². The van der Waals surface area contributed by atoms with Gasteiger partial charge in [-0.05, 0) is 35.4 Å². The zero-order valence-corrected chi connectivity index (χ0v) is 21.5. The number of nitrogens with zero attached hydrogens (tertiary/aromatic N) is 6. The van der Waals surface area contributed by atoms with Crippen LogP contribution in [0, 0.1) is 0 Å². The number of tetrazole rings is 1. The molecule has 10 heteroatoms. The van der Waals surface area contributed by atoms with Crippen molar-refractivity contribution in [3.05, 3.63) is 94.8 Å². The summed E-state index contributed by atoms with van der Waals surface area (Å²) in [6.07, 6.45) is 7.08. The lowest BCUT2D eigenvalue weighted by molar-refractivity contribution is 0.366. The van der Waals surface area contributed by atoms with Crippen LogP contribution in [0.2, 0.25) is 0 Å². The van der Waals surface area contributed by atoms with E-state index in [1.54, 1.807) is 29.6 Å². The smallest absolute Gasteiger partial charge is 0.329 e. The number of H-pyrrole nitrogens is 1. The van der Waals surface area contributed by atoms with E-state index < -0.39 is 0 Å². The monoisotopic (exact) mass is 511 g/mol. The molecule has 0 bridgehead atoms. The minimum Gasteiger partial charge on any atom is -0.496 e. The number of hydrogen-bond acceptors (Lipinski definition) is 7. The van der Waals surface area contributed by atoms with Crippen LogP contribution in [-0.2, 0) is 6.54 Å². The van der Waals surface area contributed by atoms with Gasteiger partial charge in [-0.25, -0.2) is 4.79 Å². The minimum atomic E-state index is -0.220. The van der Waals surface area contributed by atoms with E-state index in [-0.39, 0.29) is 11.7 Å². The summed E-state index contributed by atoms with van der Waals surface area (Å²) in [6.45, 7) is 2.49. The molecule has 0 fully saturated rings. The van der Waals surface area contributed by atoms with Crippen LogP contribution in [0.15, 0.2) is 78.0 Å². The Morgan fingerprint density at radius 2 is 1.71 bits per heavy atom. The first kappa shape index (κ1) is 24.9. The van der Waals surface area contributed by atoms with E-state index in [0.29, 0.717) is 23.9 Å². The Morgan fingerprint density at radius 1 is 0.947 bits per heavy atom. The van der Waals surface area contributed by atoms with E-state index in [1.807, 2.05) is 67.0 Å². The topological polar surface area (TPSA) is 113 Å². The maximum absolute atomic E-state index is 13.5. The summed E-state index contributed by atoms with van der Waals surface area (Å²) in [6, 6.07) is 17.1. The lowest BCUT2D eigenvalue weighted by atomic mass is 9.99. The van der Waals surface area contributed by atoms with Gasteiger partial charge in [-0.15, -0.1) is 10.2 Å². The van der Waals surface area contributed by atoms with E-state index in [4.69, 9.17) is 9.47 Å². The van der Waals surface area contributed by atoms with Crippen molar-refractivity contribution in [2.24, 2.45) is 0 Å². The number of hydrogen-bond donors (Lipinski definition) is 1. The SMILES string of the molecule is CCCC(c1c(OC)cccc1OC)n1ccn(Cc2ccc(-c3ccccc3-c3nn[nH]n3)nc2)c1=O. The Morgan fingerprint density at radius 3 is 2.34 bits per heavy atom. The van der Waals surface area contributed by atoms with Crippen molar-refractivity contribution >= 4 is 0 Å². The number of benzene rings is 2. The Bertz CT molecular complexity index is 1530. The molecule has 194 valence electrons. The van der Waals surface area contributed by atoms with Gasteiger partial charge in [0, 0.05) is 29.7 Å². The molecule has 3 heterocycles. The number of methoxy groups -OCH3 is 2. The van der Waals surface area contributed by atoms with E-state index in [1.165, 1.54) is 0 Å². The van der Waals surface area contributed by atoms with Gasteiger partial charge in [0.25, 0.3) is 0 Å². The van der Waals surface area contributed by atoms with Crippen molar-refractivity contribution in [1.29, 1.82) is 0 Å². The highest BCUT2D eigenvalue weighted by Gasteiger charge is 2.24. The van der Waals surface area contributed by atoms with Crippen LogP contribution in [0.3, 0.4) is 0 Å². The molecule has 1 unspecified atom stereocenters. The number of pyridine rings is 1. The summed E-state index contributed by atoms with van der Waals surface area (Å²) in [5.41, 5.74) is 4.19. The summed E-state index contributed by atoms with van der Waals surface area (Å²) in [7, 11) is 3.26. The largest absolute Gasteiger partial charge is 0.496 e. The third-order valence-corrected chi connectivity index (χ3v) is 6.54. The molecule has 0 radical (unpaired) electrons. The third kappa shape index (κ3) is 4.80. The van der Waals surface area contributed by atoms with Crippen LogP contribution in [0.5, 0.6) is 11.5 Å². The van der Waals surface area contributed by atoms with Crippen molar-refractivity contribution in [1.82, 2.24) is 34.7 Å². The predicted molar refractivity (Wildman–Crippen MR) is 143 cm³/mol. The summed E-state index contributed by atoms with van der Waals surface area (Å²) in [4.78, 5) is 18.2. The fraction of sp³-hybridized carbons (Fsp3) is 0.250. The summed E-state index contributed by atoms with van der Waals surface area (Å²) in [5, 5.41) is 14.3. The minimum absolute atomic E-state index is 0.108. The first-order chi connectivity index (χ1) is 18.6. The lowest BCUT2D eigenvalue weighted by Crippen LogP contribution is -2.28. The second-order valence-electron chi connectivity index (χ2n) is 8.83. The van der Waals surface area contributed by atoms with Crippen molar-refractivity contribution in [2.45, 2.75) is 32.4 Å². The molecule has 0 aliphatic carbocycles. The molecule has 0 amide bonds. The fourth-order valence-corrected chi connectivity index (χ4v) is 4.74. The van der Waals surface area contributed by atoms with E-state index in [9.17, 15) is 4.79 Å². The molecule has 1 N–H and O–H groups in total. The average Bonchev–Trinajstić information content (AvgIpc) is 3.62. The molecular formula is C28H29N7O3. The Balaban J connectivity index is 1.43. The van der Waals surface area contributed by atoms with E-state index in [2.05, 4.69) is 32.5 Å². The standard InChI is InChI=1S/C28H29N7O3/c1-4-8-23(26-24(37-2)11-7-12-25(26)38-3)35-16-15-34(28(35)36)18-19-13-14-22(29-17-19)20-9-5-6-10-21(20)27-30-32-33-31-27/h5-7,9-17,23H,4,8,18H2,1-3H3,(H,30,31,32,33). The van der Waals surface area contributed by atoms with Crippen LogP contribution in [0.4, 0.5) is 0 Å². The fourth-order valence-electron chi connectivity index (χ4n) is 4.74. The second kappa shape index (κ2) is 11.1. The van der Waals surface area contributed by atoms with Gasteiger partial charge in [0.2, 0.25) is 5.82 Å². The Hall–Kier alpha value is -4.73. The van der Waals surface area contributed by atoms with Crippen LogP contribution >= 0.6 is 0 Å². The summed E-state index contributed by atoms with van der Waals surface area (Å²) in [5.74, 6) is 1.90. The maximum atomic E-state index is 13.5. The van der Waals surface area contributed by atoms with Gasteiger partial charge < -0.3 is 9.47 Å². The average molecular weight is 512 g/mol. The van der Waals surface area contributed by atoms with Gasteiger partial charge in [-0.1, -0.05) is 49.7 Å². The quantitative estimate of drug-likeness (QED) is 0.297. The molecule has 5 rings (SSSR count). The number of imidazole rings is 1. The molecule has 0 aliphatic heterocycles. The first-order valence-electron chi connectivity index (χ1n) is 12.4. The number of aromatic nitrogens is 7. The molecule has 0 saturated heterocycles. The lowest BCUT2D eigenvalue weighted by Gasteiger charge is -2.22. The molecule has 10 nitrogen and oxygen atoms in total. The zero-order valence-electron chi connectivity index (χ0n) is 21.5. The summed E-state index contributed by atoms with van der Waals surface area (Å²) < 4.78 is 14.7. The molecule has 0 saturated carbocycles. The zero-order chi connectivity index (χ0) is 26.5. The Labute approximate surface area is 219 Å². The predicted octanol–water partition coefficient (Wildman–Crippen LogP) is 4.35. The third-order valence-electron chi connectivity index (χ3n) is 6.54. The highest BCUT2D eigenvalue weighted by Crippen LogP contribution is 2.38. The van der Waals surface area contributed by atoms with E-state index in [0.717, 1.165) is 40.8 Å². The summed E-state index contributed by atoms with van der Waals surface area (Å²) >= 11 is 0. The highest BCUT2D eigenvalue weighted by molar-refractivity contribution is 5.78. The van der Waals surface area contributed by atoms with E-state index >= 15 is 0 Å². The normalized spacial score (nSPS) is 11.9. The van der Waals surface area contributed by atoms with Crippen LogP contribution in [-0.4, -0.2) is 49.0 Å². The number of rotatable bonds is 10. The molecule has 3 aromatic heterocycles. The van der Waals surface area contributed by atoms with Crippen LogP contribution in [0.1, 0.15) is 36.9 Å². The molecule has 2 aromatic carbocycles. The molecular weight excluding hydrogens is 482 g/mol. The number of ether oxygens (including phenoxy) is 2. The highest BCUT2D eigenvalue weighted by atomic mass is 16.5. The van der Waals surface area contributed by atoms with Crippen LogP contribution < -0.4 is 15.2 Å². The number of nitrogens with one attached hydrogen (secondary N) is 1. The molecule has 38 heavy (non-hydrogen) atoms. The molecule has 5 aromatic rings. The molecule has 0 spiro atoms. The van der Waals surface area contributed by atoms with Gasteiger partial charge in [-0.2, -0.15) is 5.21 Å². The second-order valence-corrected chi connectivity index (χ2v) is 8.83.